The summed E-state index contributed by atoms with van der Waals surface area (Å²) in [5.41, 5.74) is 2.36. The second-order valence-corrected chi connectivity index (χ2v) is 5.26. The Balaban J connectivity index is 1.74. The number of carbonyl (C=O) groups excluding carboxylic acids is 1. The molecule has 4 nitrogen and oxygen atoms in total. The van der Waals surface area contributed by atoms with Gasteiger partial charge in [-0.15, -0.1) is 0 Å². The van der Waals surface area contributed by atoms with Gasteiger partial charge in [-0.3, -0.25) is 4.79 Å². The number of hydrogen-bond donors (Lipinski definition) is 1. The van der Waals surface area contributed by atoms with Crippen molar-refractivity contribution in [2.24, 2.45) is 0 Å². The van der Waals surface area contributed by atoms with Gasteiger partial charge in [0, 0.05) is 16.9 Å². The fraction of sp³-hybridized carbons (Fsp3) is 0.0667. The maximum atomic E-state index is 12.0. The molecule has 0 radical (unpaired) electrons. The van der Waals surface area contributed by atoms with E-state index in [1.165, 1.54) is 0 Å². The van der Waals surface area contributed by atoms with Crippen LogP contribution in [0.5, 0.6) is 0 Å². The summed E-state index contributed by atoms with van der Waals surface area (Å²) in [5, 5.41) is 2.87. The summed E-state index contributed by atoms with van der Waals surface area (Å²) in [6.45, 7) is 0. The van der Waals surface area contributed by atoms with Gasteiger partial charge in [0.2, 0.25) is 5.91 Å². The lowest BCUT2D eigenvalue weighted by atomic mass is 10.3. The molecule has 3 aromatic rings. The van der Waals surface area contributed by atoms with E-state index >= 15 is 0 Å². The zero-order valence-corrected chi connectivity index (χ0v) is 12.2. The van der Waals surface area contributed by atoms with E-state index in [2.05, 4.69) is 26.2 Å². The van der Waals surface area contributed by atoms with Crippen LogP contribution < -0.4 is 5.32 Å². The average Bonchev–Trinajstić information content (AvgIpc) is 2.83. The minimum absolute atomic E-state index is 0.0830. The second kappa shape index (κ2) is 5.46. The van der Waals surface area contributed by atoms with Crippen LogP contribution in [0.2, 0.25) is 0 Å². The number of carbonyl (C=O) groups is 1. The number of amides is 1. The van der Waals surface area contributed by atoms with Gasteiger partial charge in [-0.1, -0.05) is 18.2 Å². The van der Waals surface area contributed by atoms with Crippen LogP contribution in [0.3, 0.4) is 0 Å². The van der Waals surface area contributed by atoms with E-state index in [1.807, 2.05) is 59.3 Å². The third-order valence-corrected chi connectivity index (χ3v) is 3.60. The molecule has 20 heavy (non-hydrogen) atoms. The molecule has 0 fully saturated rings. The zero-order valence-electron chi connectivity index (χ0n) is 10.6. The van der Waals surface area contributed by atoms with Gasteiger partial charge in [-0.25, -0.2) is 4.98 Å². The van der Waals surface area contributed by atoms with Crippen molar-refractivity contribution < 1.29 is 4.79 Å². The Morgan fingerprint density at radius 1 is 1.20 bits per heavy atom. The maximum Gasteiger partial charge on any atom is 0.230 e. The van der Waals surface area contributed by atoms with Crippen molar-refractivity contribution in [1.82, 2.24) is 9.38 Å². The molecule has 0 aliphatic carbocycles. The molecule has 1 aromatic carbocycles. The number of para-hydroxylation sites is 1. The lowest BCUT2D eigenvalue weighted by molar-refractivity contribution is -0.115. The monoisotopic (exact) mass is 329 g/mol. The van der Waals surface area contributed by atoms with E-state index in [0.717, 1.165) is 21.5 Å². The number of nitrogens with zero attached hydrogens (tertiary/aromatic N) is 2. The van der Waals surface area contributed by atoms with Crippen molar-refractivity contribution in [2.75, 3.05) is 5.32 Å². The molecule has 0 atom stereocenters. The molecule has 0 bridgehead atoms. The highest BCUT2D eigenvalue weighted by molar-refractivity contribution is 9.10. The summed E-state index contributed by atoms with van der Waals surface area (Å²) in [6.07, 6.45) is 4.04. The van der Waals surface area contributed by atoms with Gasteiger partial charge in [0.25, 0.3) is 0 Å². The van der Waals surface area contributed by atoms with Crippen LogP contribution in [0.25, 0.3) is 5.65 Å². The Bertz CT molecular complexity index is 733. The van der Waals surface area contributed by atoms with Crippen LogP contribution in [0.4, 0.5) is 5.69 Å². The number of anilines is 1. The average molecular weight is 330 g/mol. The number of rotatable bonds is 3. The topological polar surface area (TPSA) is 46.4 Å². The number of pyridine rings is 1. The molecule has 3 rings (SSSR count). The van der Waals surface area contributed by atoms with Crippen molar-refractivity contribution in [1.29, 1.82) is 0 Å². The first-order valence-electron chi connectivity index (χ1n) is 6.19. The molecule has 2 heterocycles. The fourth-order valence-corrected chi connectivity index (χ4v) is 2.38. The van der Waals surface area contributed by atoms with Crippen molar-refractivity contribution in [3.05, 3.63) is 65.0 Å². The Kier molecular flexibility index (Phi) is 3.52. The molecule has 0 saturated heterocycles. The van der Waals surface area contributed by atoms with E-state index < -0.39 is 0 Å². The summed E-state index contributed by atoms with van der Waals surface area (Å²) in [6, 6.07) is 13.3. The highest BCUT2D eigenvalue weighted by Gasteiger charge is 2.09. The van der Waals surface area contributed by atoms with Crippen LogP contribution in [-0.4, -0.2) is 15.3 Å². The van der Waals surface area contributed by atoms with Gasteiger partial charge >= 0.3 is 0 Å². The number of nitrogens with one attached hydrogen (secondary N) is 1. The number of hydrogen-bond acceptors (Lipinski definition) is 2. The summed E-state index contributed by atoms with van der Waals surface area (Å²) in [4.78, 5) is 16.4. The second-order valence-electron chi connectivity index (χ2n) is 4.40. The first-order valence-corrected chi connectivity index (χ1v) is 6.99. The number of aromatic nitrogens is 2. The third kappa shape index (κ3) is 2.72. The Morgan fingerprint density at radius 2 is 2.00 bits per heavy atom. The molecule has 100 valence electrons. The molecule has 1 N–H and O–H groups in total. The highest BCUT2D eigenvalue weighted by atomic mass is 79.9. The van der Waals surface area contributed by atoms with Gasteiger partial charge in [0.05, 0.1) is 17.8 Å². The molecule has 0 aliphatic heterocycles. The largest absolute Gasteiger partial charge is 0.325 e. The standard InChI is InChI=1S/C15H12BrN3O/c16-12-5-1-2-6-13(12)18-15(20)9-11-10-19-8-4-3-7-14(19)17-11/h1-8,10H,9H2,(H,18,20). The fourth-order valence-electron chi connectivity index (χ4n) is 1.99. The smallest absolute Gasteiger partial charge is 0.230 e. The van der Waals surface area contributed by atoms with Gasteiger partial charge < -0.3 is 9.72 Å². The van der Waals surface area contributed by atoms with Crippen LogP contribution in [-0.2, 0) is 11.2 Å². The zero-order chi connectivity index (χ0) is 13.9. The maximum absolute atomic E-state index is 12.0. The van der Waals surface area contributed by atoms with Crippen molar-refractivity contribution in [3.63, 3.8) is 0 Å². The minimum Gasteiger partial charge on any atom is -0.325 e. The third-order valence-electron chi connectivity index (χ3n) is 2.90. The molecule has 0 spiro atoms. The number of benzene rings is 1. The molecular weight excluding hydrogens is 318 g/mol. The van der Waals surface area contributed by atoms with E-state index in [9.17, 15) is 4.79 Å². The first-order chi connectivity index (χ1) is 9.72. The Hall–Kier alpha value is -2.14. The van der Waals surface area contributed by atoms with Crippen LogP contribution in [0.1, 0.15) is 5.69 Å². The SMILES string of the molecule is O=C(Cc1cn2ccccc2n1)Nc1ccccc1Br. The molecule has 2 aromatic heterocycles. The molecular formula is C15H12BrN3O. The lowest BCUT2D eigenvalue weighted by Gasteiger charge is -2.05. The normalized spacial score (nSPS) is 10.7. The summed E-state index contributed by atoms with van der Waals surface area (Å²) < 4.78 is 2.77. The quantitative estimate of drug-likeness (QED) is 0.801. The molecule has 0 aliphatic rings. The molecule has 1 amide bonds. The van der Waals surface area contributed by atoms with Crippen molar-refractivity contribution in [2.45, 2.75) is 6.42 Å². The van der Waals surface area contributed by atoms with Crippen LogP contribution >= 0.6 is 15.9 Å². The number of imidazole rings is 1. The summed E-state index contributed by atoms with van der Waals surface area (Å²) in [7, 11) is 0. The molecule has 0 saturated carbocycles. The van der Waals surface area contributed by atoms with Gasteiger partial charge in [0.1, 0.15) is 5.65 Å². The summed E-state index contributed by atoms with van der Waals surface area (Å²) in [5.74, 6) is -0.0830. The lowest BCUT2D eigenvalue weighted by Crippen LogP contribution is -2.14. The van der Waals surface area contributed by atoms with Crippen molar-refractivity contribution >= 4 is 33.2 Å². The first kappa shape index (κ1) is 12.9. The van der Waals surface area contributed by atoms with Gasteiger partial charge in [0.15, 0.2) is 0 Å². The number of fused-ring (bicyclic) bond motifs is 1. The highest BCUT2D eigenvalue weighted by Crippen LogP contribution is 2.21. The van der Waals surface area contributed by atoms with Crippen molar-refractivity contribution in [3.8, 4) is 0 Å². The van der Waals surface area contributed by atoms with Gasteiger partial charge in [-0.05, 0) is 40.2 Å². The molecule has 0 unspecified atom stereocenters. The van der Waals surface area contributed by atoms with E-state index in [0.29, 0.717) is 0 Å². The Labute approximate surface area is 124 Å². The predicted octanol–water partition coefficient (Wildman–Crippen LogP) is 3.28. The predicted molar refractivity (Wildman–Crippen MR) is 81.7 cm³/mol. The van der Waals surface area contributed by atoms with E-state index in [-0.39, 0.29) is 12.3 Å². The van der Waals surface area contributed by atoms with Gasteiger partial charge in [-0.2, -0.15) is 0 Å². The number of halogens is 1. The summed E-state index contributed by atoms with van der Waals surface area (Å²) >= 11 is 3.40. The van der Waals surface area contributed by atoms with E-state index in [1.54, 1.807) is 0 Å². The molecule has 5 heteroatoms. The van der Waals surface area contributed by atoms with E-state index in [4.69, 9.17) is 0 Å². The Morgan fingerprint density at radius 3 is 2.80 bits per heavy atom. The van der Waals surface area contributed by atoms with Crippen LogP contribution in [0.15, 0.2) is 59.3 Å². The van der Waals surface area contributed by atoms with Crippen LogP contribution in [0, 0.1) is 0 Å². The minimum atomic E-state index is -0.0830.